The zero-order valence-electron chi connectivity index (χ0n) is 7.76. The summed E-state index contributed by atoms with van der Waals surface area (Å²) in [5.74, 6) is -0.264. The molecule has 0 aliphatic rings. The molecule has 78 valence electrons. The highest BCUT2D eigenvalue weighted by Gasteiger charge is 2.48. The highest BCUT2D eigenvalue weighted by molar-refractivity contribution is 5.29. The van der Waals surface area contributed by atoms with Crippen molar-refractivity contribution in [3.63, 3.8) is 0 Å². The van der Waals surface area contributed by atoms with Crippen LogP contribution in [0.1, 0.15) is 19.4 Å². The number of hydrogen-bond acceptors (Lipinski definition) is 2. The monoisotopic (exact) mass is 205 g/mol. The number of rotatable bonds is 1. The van der Waals surface area contributed by atoms with Crippen LogP contribution in [0.2, 0.25) is 0 Å². The lowest BCUT2D eigenvalue weighted by molar-refractivity contribution is -0.180. The van der Waals surface area contributed by atoms with Gasteiger partial charge in [-0.2, -0.15) is 13.2 Å². The molecule has 1 aromatic rings. The zero-order chi connectivity index (χ0) is 11.0. The molecular formula is C9H10F3NO. The second kappa shape index (κ2) is 3.15. The minimum absolute atomic E-state index is 0.0509. The first-order valence-electron chi connectivity index (χ1n) is 3.96. The van der Waals surface area contributed by atoms with Crippen molar-refractivity contribution in [2.75, 3.05) is 0 Å². The summed E-state index contributed by atoms with van der Waals surface area (Å²) in [6, 6.07) is 1.07. The van der Waals surface area contributed by atoms with Crippen molar-refractivity contribution >= 4 is 0 Å². The van der Waals surface area contributed by atoms with Gasteiger partial charge in [-0.1, -0.05) is 0 Å². The average Bonchev–Trinajstić information content (AvgIpc) is 2.02. The van der Waals surface area contributed by atoms with E-state index in [1.807, 2.05) is 0 Å². The van der Waals surface area contributed by atoms with E-state index in [-0.39, 0.29) is 11.3 Å². The van der Waals surface area contributed by atoms with E-state index >= 15 is 0 Å². The molecule has 0 bridgehead atoms. The number of pyridine rings is 1. The first kappa shape index (κ1) is 10.8. The molecule has 0 aromatic carbocycles. The predicted octanol–water partition coefficient (Wildman–Crippen LogP) is 2.63. The van der Waals surface area contributed by atoms with E-state index in [0.717, 1.165) is 32.3 Å². The Labute approximate surface area is 79.4 Å². The van der Waals surface area contributed by atoms with Crippen LogP contribution in [0, 0.1) is 0 Å². The Hall–Kier alpha value is -1.26. The van der Waals surface area contributed by atoms with Crippen molar-refractivity contribution in [1.82, 2.24) is 4.98 Å². The number of aromatic nitrogens is 1. The lowest BCUT2D eigenvalue weighted by atomic mass is 9.85. The van der Waals surface area contributed by atoms with Crippen molar-refractivity contribution in [3.05, 3.63) is 24.0 Å². The van der Waals surface area contributed by atoms with Crippen LogP contribution in [0.3, 0.4) is 0 Å². The Bertz CT molecular complexity index is 333. The van der Waals surface area contributed by atoms with Crippen LogP contribution in [0.15, 0.2) is 18.5 Å². The van der Waals surface area contributed by atoms with Crippen molar-refractivity contribution < 1.29 is 18.3 Å². The van der Waals surface area contributed by atoms with E-state index in [9.17, 15) is 13.2 Å². The molecular weight excluding hydrogens is 195 g/mol. The first-order chi connectivity index (χ1) is 6.25. The molecule has 0 saturated heterocycles. The number of alkyl halides is 3. The Morgan fingerprint density at radius 3 is 2.21 bits per heavy atom. The van der Waals surface area contributed by atoms with Crippen LogP contribution in [0.4, 0.5) is 13.2 Å². The number of hydrogen-bond donors (Lipinski definition) is 1. The molecule has 1 aromatic heterocycles. The summed E-state index contributed by atoms with van der Waals surface area (Å²) < 4.78 is 37.6. The molecule has 1 rings (SSSR count). The molecule has 2 nitrogen and oxygen atoms in total. The third-order valence-electron chi connectivity index (χ3n) is 2.15. The molecule has 0 spiro atoms. The van der Waals surface area contributed by atoms with E-state index in [1.165, 1.54) is 0 Å². The lowest BCUT2D eigenvalue weighted by Gasteiger charge is -2.27. The molecule has 0 unspecified atom stereocenters. The van der Waals surface area contributed by atoms with Crippen molar-refractivity contribution in [3.8, 4) is 5.75 Å². The van der Waals surface area contributed by atoms with E-state index in [2.05, 4.69) is 4.98 Å². The third kappa shape index (κ3) is 1.81. The van der Waals surface area contributed by atoms with Gasteiger partial charge < -0.3 is 5.11 Å². The van der Waals surface area contributed by atoms with Crippen LogP contribution < -0.4 is 0 Å². The Morgan fingerprint density at radius 1 is 1.21 bits per heavy atom. The number of aromatic hydroxyl groups is 1. The molecule has 0 aliphatic carbocycles. The van der Waals surface area contributed by atoms with Crippen LogP contribution >= 0.6 is 0 Å². The molecule has 0 radical (unpaired) electrons. The molecule has 0 amide bonds. The highest BCUT2D eigenvalue weighted by atomic mass is 19.4. The summed E-state index contributed by atoms with van der Waals surface area (Å²) in [5, 5.41) is 9.01. The minimum atomic E-state index is -4.36. The fourth-order valence-corrected chi connectivity index (χ4v) is 0.933. The Kier molecular flexibility index (Phi) is 2.43. The van der Waals surface area contributed by atoms with Gasteiger partial charge in [0.2, 0.25) is 0 Å². The normalized spacial score (nSPS) is 12.9. The average molecular weight is 205 g/mol. The van der Waals surface area contributed by atoms with Gasteiger partial charge in [0.25, 0.3) is 0 Å². The second-order valence-electron chi connectivity index (χ2n) is 3.55. The standard InChI is InChI=1S/C9H10F3NO/c1-8(2,9(10,11)12)6-3-7(14)5-13-4-6/h3-5,14H,1-2H3. The number of halogens is 3. The van der Waals surface area contributed by atoms with Gasteiger partial charge in [0.1, 0.15) is 5.75 Å². The summed E-state index contributed by atoms with van der Waals surface area (Å²) in [4.78, 5) is 3.51. The fourth-order valence-electron chi connectivity index (χ4n) is 0.933. The highest BCUT2D eigenvalue weighted by Crippen LogP contribution is 2.40. The largest absolute Gasteiger partial charge is 0.506 e. The predicted molar refractivity (Wildman–Crippen MR) is 45.0 cm³/mol. The molecule has 0 saturated carbocycles. The van der Waals surface area contributed by atoms with E-state index in [4.69, 9.17) is 5.11 Å². The fraction of sp³-hybridized carbons (Fsp3) is 0.444. The zero-order valence-corrected chi connectivity index (χ0v) is 7.76. The van der Waals surface area contributed by atoms with Gasteiger partial charge in [-0.05, 0) is 25.5 Å². The minimum Gasteiger partial charge on any atom is -0.506 e. The van der Waals surface area contributed by atoms with E-state index < -0.39 is 11.6 Å². The number of nitrogens with zero attached hydrogens (tertiary/aromatic N) is 1. The smallest absolute Gasteiger partial charge is 0.397 e. The Balaban J connectivity index is 3.16. The molecule has 0 aliphatic heterocycles. The van der Waals surface area contributed by atoms with Crippen LogP contribution in [0.25, 0.3) is 0 Å². The van der Waals surface area contributed by atoms with Gasteiger partial charge in [0.05, 0.1) is 11.6 Å². The summed E-state index contributed by atoms with van der Waals surface area (Å²) in [6.07, 6.45) is -2.16. The van der Waals surface area contributed by atoms with Crippen molar-refractivity contribution in [2.45, 2.75) is 25.4 Å². The maximum absolute atomic E-state index is 12.5. The van der Waals surface area contributed by atoms with Crippen molar-refractivity contribution in [2.24, 2.45) is 0 Å². The van der Waals surface area contributed by atoms with Gasteiger partial charge in [0.15, 0.2) is 0 Å². The van der Waals surface area contributed by atoms with Gasteiger partial charge in [-0.15, -0.1) is 0 Å². The third-order valence-corrected chi connectivity index (χ3v) is 2.15. The lowest BCUT2D eigenvalue weighted by Crippen LogP contribution is -2.36. The van der Waals surface area contributed by atoms with E-state index in [1.54, 1.807) is 0 Å². The molecule has 0 atom stereocenters. The summed E-state index contributed by atoms with van der Waals surface area (Å²) in [7, 11) is 0. The summed E-state index contributed by atoms with van der Waals surface area (Å²) in [5.41, 5.74) is -2.05. The van der Waals surface area contributed by atoms with E-state index in [0.29, 0.717) is 0 Å². The maximum Gasteiger partial charge on any atom is 0.397 e. The molecule has 1 heterocycles. The van der Waals surface area contributed by atoms with Gasteiger partial charge in [-0.25, -0.2) is 0 Å². The molecule has 1 N–H and O–H groups in total. The summed E-state index contributed by atoms with van der Waals surface area (Å²) >= 11 is 0. The second-order valence-corrected chi connectivity index (χ2v) is 3.55. The molecule has 14 heavy (non-hydrogen) atoms. The van der Waals surface area contributed by atoms with Gasteiger partial charge in [0, 0.05) is 6.20 Å². The Morgan fingerprint density at radius 2 is 1.79 bits per heavy atom. The molecule has 5 heteroatoms. The maximum atomic E-state index is 12.5. The van der Waals surface area contributed by atoms with Crippen LogP contribution in [0.5, 0.6) is 5.75 Å². The molecule has 0 fully saturated rings. The van der Waals surface area contributed by atoms with Crippen LogP contribution in [-0.2, 0) is 5.41 Å². The van der Waals surface area contributed by atoms with Crippen molar-refractivity contribution in [1.29, 1.82) is 0 Å². The topological polar surface area (TPSA) is 33.1 Å². The van der Waals surface area contributed by atoms with Gasteiger partial charge >= 0.3 is 6.18 Å². The SMILES string of the molecule is CC(C)(c1cncc(O)c1)C(F)(F)F. The van der Waals surface area contributed by atoms with Gasteiger partial charge in [-0.3, -0.25) is 4.98 Å². The first-order valence-corrected chi connectivity index (χ1v) is 3.96. The summed E-state index contributed by atoms with van der Waals surface area (Å²) in [6.45, 7) is 2.09. The quantitative estimate of drug-likeness (QED) is 0.764. The van der Waals surface area contributed by atoms with Crippen LogP contribution in [-0.4, -0.2) is 16.3 Å².